The molecule has 0 radical (unpaired) electrons. The van der Waals surface area contributed by atoms with Crippen molar-refractivity contribution in [2.75, 3.05) is 13.1 Å². The average molecular weight is 408 g/mol. The lowest BCUT2D eigenvalue weighted by molar-refractivity contribution is -0.137. The number of nitrogens with zero attached hydrogens (tertiary/aromatic N) is 3. The monoisotopic (exact) mass is 408 g/mol. The Hall–Kier alpha value is -2.72. The summed E-state index contributed by atoms with van der Waals surface area (Å²) in [5.41, 5.74) is 1.51. The second-order valence-electron chi connectivity index (χ2n) is 6.28. The van der Waals surface area contributed by atoms with E-state index in [-0.39, 0.29) is 0 Å². The molecule has 1 N–H and O–H groups in total. The van der Waals surface area contributed by atoms with E-state index in [4.69, 9.17) is 0 Å². The van der Waals surface area contributed by atoms with Crippen molar-refractivity contribution >= 4 is 26.6 Å². The van der Waals surface area contributed by atoms with E-state index in [2.05, 4.69) is 15.3 Å². The summed E-state index contributed by atoms with van der Waals surface area (Å²) < 4.78 is 65.4. The maximum absolute atomic E-state index is 13.1. The lowest BCUT2D eigenvalue weighted by atomic mass is 10.0. The Morgan fingerprint density at radius 2 is 1.96 bits per heavy atom. The van der Waals surface area contributed by atoms with Crippen molar-refractivity contribution in [2.24, 2.45) is 0 Å². The van der Waals surface area contributed by atoms with Gasteiger partial charge >= 0.3 is 6.18 Å². The third-order valence-corrected chi connectivity index (χ3v) is 6.11. The van der Waals surface area contributed by atoms with Crippen molar-refractivity contribution in [3.8, 4) is 0 Å². The Morgan fingerprint density at radius 3 is 2.61 bits per heavy atom. The van der Waals surface area contributed by atoms with Crippen LogP contribution >= 0.6 is 0 Å². The number of fused-ring (bicyclic) bond motifs is 1. The molecule has 4 heterocycles. The molecular formula is C18H15F3N4O2S. The molecule has 4 rings (SSSR count). The lowest BCUT2D eigenvalue weighted by Crippen LogP contribution is -2.20. The molecule has 0 fully saturated rings. The minimum absolute atomic E-state index is 0.346. The summed E-state index contributed by atoms with van der Waals surface area (Å²) in [6.07, 6.45) is 1.65. The van der Waals surface area contributed by atoms with Gasteiger partial charge in [-0.1, -0.05) is 6.08 Å². The standard InChI is InChI=1S/C18H15F3N4O2S/c19-18(20,21)13-3-4-16(24-10-13)28(26,27)25-11-14(12-5-8-22-9-6-12)17-15(25)2-1-7-23-17/h1-5,7,10-11,22H,6,8-9H2. The van der Waals surface area contributed by atoms with Crippen LogP contribution in [-0.4, -0.2) is 35.4 Å². The van der Waals surface area contributed by atoms with Gasteiger partial charge in [0, 0.05) is 30.7 Å². The first kappa shape index (κ1) is 18.6. The normalized spacial score (nSPS) is 15.6. The molecule has 3 aromatic heterocycles. The Bertz CT molecular complexity index is 1170. The number of nitrogens with one attached hydrogen (secondary N) is 1. The van der Waals surface area contributed by atoms with E-state index < -0.39 is 26.8 Å². The van der Waals surface area contributed by atoms with Crippen LogP contribution < -0.4 is 5.32 Å². The van der Waals surface area contributed by atoms with E-state index in [9.17, 15) is 21.6 Å². The van der Waals surface area contributed by atoms with Crippen molar-refractivity contribution in [3.63, 3.8) is 0 Å². The molecule has 0 aromatic carbocycles. The molecule has 0 atom stereocenters. The van der Waals surface area contributed by atoms with Crippen LogP contribution in [0.1, 0.15) is 17.5 Å². The minimum Gasteiger partial charge on any atom is -0.313 e. The largest absolute Gasteiger partial charge is 0.417 e. The molecule has 3 aromatic rings. The number of hydrogen-bond acceptors (Lipinski definition) is 5. The first-order valence-electron chi connectivity index (χ1n) is 8.43. The molecule has 0 unspecified atom stereocenters. The number of rotatable bonds is 3. The average Bonchev–Trinajstić information content (AvgIpc) is 3.09. The van der Waals surface area contributed by atoms with Crippen LogP contribution in [-0.2, 0) is 16.2 Å². The SMILES string of the molecule is O=S(=O)(c1ccc(C(F)(F)F)cn1)n1cc(C2=CCNCC2)c2ncccc21. The molecule has 6 nitrogen and oxygen atoms in total. The highest BCUT2D eigenvalue weighted by Gasteiger charge is 2.32. The summed E-state index contributed by atoms with van der Waals surface area (Å²) in [7, 11) is -4.19. The van der Waals surface area contributed by atoms with E-state index in [0.29, 0.717) is 41.8 Å². The number of aromatic nitrogens is 3. The summed E-state index contributed by atoms with van der Waals surface area (Å²) in [4.78, 5) is 7.86. The Balaban J connectivity index is 1.85. The number of halogens is 3. The van der Waals surface area contributed by atoms with Crippen LogP contribution in [0, 0.1) is 0 Å². The third kappa shape index (κ3) is 3.18. The third-order valence-electron chi connectivity index (χ3n) is 4.52. The van der Waals surface area contributed by atoms with Gasteiger partial charge < -0.3 is 5.32 Å². The maximum Gasteiger partial charge on any atom is 0.417 e. The van der Waals surface area contributed by atoms with E-state index in [1.807, 2.05) is 6.08 Å². The van der Waals surface area contributed by atoms with E-state index in [1.165, 1.54) is 6.20 Å². The van der Waals surface area contributed by atoms with E-state index in [1.54, 1.807) is 18.3 Å². The zero-order chi connectivity index (χ0) is 19.9. The quantitative estimate of drug-likeness (QED) is 0.721. The van der Waals surface area contributed by atoms with Crippen LogP contribution in [0.3, 0.4) is 0 Å². The highest BCUT2D eigenvalue weighted by Crippen LogP contribution is 2.32. The first-order valence-corrected chi connectivity index (χ1v) is 9.87. The highest BCUT2D eigenvalue weighted by atomic mass is 32.2. The number of hydrogen-bond donors (Lipinski definition) is 1. The van der Waals surface area contributed by atoms with Crippen molar-refractivity contribution in [3.05, 3.63) is 60.1 Å². The molecule has 0 bridgehead atoms. The molecule has 1 aliphatic heterocycles. The van der Waals surface area contributed by atoms with Crippen LogP contribution in [0.2, 0.25) is 0 Å². The van der Waals surface area contributed by atoms with Crippen molar-refractivity contribution < 1.29 is 21.6 Å². The first-order chi connectivity index (χ1) is 13.3. The van der Waals surface area contributed by atoms with Gasteiger partial charge in [-0.3, -0.25) is 4.98 Å². The number of alkyl halides is 3. The zero-order valence-electron chi connectivity index (χ0n) is 14.4. The van der Waals surface area contributed by atoms with Crippen molar-refractivity contribution in [2.45, 2.75) is 17.6 Å². The van der Waals surface area contributed by atoms with Gasteiger partial charge in [0.2, 0.25) is 0 Å². The Labute approximate surface area is 158 Å². The minimum atomic E-state index is -4.59. The fraction of sp³-hybridized carbons (Fsp3) is 0.222. The molecule has 1 aliphatic rings. The Kier molecular flexibility index (Phi) is 4.47. The zero-order valence-corrected chi connectivity index (χ0v) is 15.3. The van der Waals surface area contributed by atoms with Gasteiger partial charge in [0.15, 0.2) is 5.03 Å². The fourth-order valence-corrected chi connectivity index (χ4v) is 4.41. The molecule has 0 saturated heterocycles. The summed E-state index contributed by atoms with van der Waals surface area (Å²) in [6.45, 7) is 1.43. The summed E-state index contributed by atoms with van der Waals surface area (Å²) in [5.74, 6) is 0. The molecule has 0 spiro atoms. The van der Waals surface area contributed by atoms with E-state index >= 15 is 0 Å². The van der Waals surface area contributed by atoms with Gasteiger partial charge in [-0.2, -0.15) is 21.6 Å². The molecular weight excluding hydrogens is 393 g/mol. The number of pyridine rings is 2. The molecule has 10 heteroatoms. The molecule has 0 aliphatic carbocycles. The van der Waals surface area contributed by atoms with Crippen LogP contribution in [0.5, 0.6) is 0 Å². The van der Waals surface area contributed by atoms with Crippen molar-refractivity contribution in [1.29, 1.82) is 0 Å². The van der Waals surface area contributed by atoms with Crippen molar-refractivity contribution in [1.82, 2.24) is 19.3 Å². The molecule has 0 amide bonds. The van der Waals surface area contributed by atoms with Gasteiger partial charge in [0.1, 0.15) is 0 Å². The molecule has 28 heavy (non-hydrogen) atoms. The highest BCUT2D eigenvalue weighted by molar-refractivity contribution is 7.90. The lowest BCUT2D eigenvalue weighted by Gasteiger charge is -2.12. The molecule has 0 saturated carbocycles. The van der Waals surface area contributed by atoms with Gasteiger partial charge in [-0.15, -0.1) is 0 Å². The van der Waals surface area contributed by atoms with Gasteiger partial charge in [0.25, 0.3) is 10.0 Å². The van der Waals surface area contributed by atoms with Gasteiger partial charge in [0.05, 0.1) is 16.6 Å². The summed E-state index contributed by atoms with van der Waals surface area (Å²) in [6, 6.07) is 4.79. The van der Waals surface area contributed by atoms with Crippen LogP contribution in [0.15, 0.2) is 54.0 Å². The predicted molar refractivity (Wildman–Crippen MR) is 97.0 cm³/mol. The van der Waals surface area contributed by atoms with Crippen LogP contribution in [0.25, 0.3) is 16.6 Å². The van der Waals surface area contributed by atoms with Gasteiger partial charge in [-0.05, 0) is 42.8 Å². The Morgan fingerprint density at radius 1 is 1.14 bits per heavy atom. The summed E-state index contributed by atoms with van der Waals surface area (Å²) >= 11 is 0. The van der Waals surface area contributed by atoms with E-state index in [0.717, 1.165) is 22.2 Å². The fourth-order valence-electron chi connectivity index (χ4n) is 3.13. The predicted octanol–water partition coefficient (Wildman–Crippen LogP) is 3.06. The second kappa shape index (κ2) is 6.71. The summed E-state index contributed by atoms with van der Waals surface area (Å²) in [5, 5.41) is 2.72. The van der Waals surface area contributed by atoms with Crippen LogP contribution in [0.4, 0.5) is 13.2 Å². The maximum atomic E-state index is 13.1. The molecule has 146 valence electrons. The van der Waals surface area contributed by atoms with Gasteiger partial charge in [-0.25, -0.2) is 8.96 Å². The topological polar surface area (TPSA) is 76.9 Å². The second-order valence-corrected chi connectivity index (χ2v) is 8.04. The smallest absolute Gasteiger partial charge is 0.313 e.